The summed E-state index contributed by atoms with van der Waals surface area (Å²) in [6, 6.07) is 2.09. The van der Waals surface area contributed by atoms with Crippen molar-refractivity contribution >= 4 is 33.3 Å². The minimum atomic E-state index is -0.0577. The molecular formula is C12H13N3OS2. The van der Waals surface area contributed by atoms with Gasteiger partial charge in [0, 0.05) is 17.1 Å². The minimum Gasteiger partial charge on any atom is -0.309 e. The zero-order valence-electron chi connectivity index (χ0n) is 10.2. The smallest absolute Gasteiger partial charge is 0.259 e. The molecule has 0 aliphatic heterocycles. The summed E-state index contributed by atoms with van der Waals surface area (Å²) in [6.45, 7) is 3.95. The molecule has 2 rings (SSSR count). The van der Waals surface area contributed by atoms with E-state index in [1.54, 1.807) is 23.1 Å². The van der Waals surface area contributed by atoms with Crippen LogP contribution < -0.4 is 5.56 Å². The number of nitriles is 1. The van der Waals surface area contributed by atoms with Crippen LogP contribution in [0.1, 0.15) is 22.7 Å². The second-order valence-electron chi connectivity index (χ2n) is 3.94. The summed E-state index contributed by atoms with van der Waals surface area (Å²) < 4.78 is 0. The molecule has 94 valence electrons. The minimum absolute atomic E-state index is 0.0577. The molecule has 18 heavy (non-hydrogen) atoms. The predicted molar refractivity (Wildman–Crippen MR) is 76.1 cm³/mol. The molecule has 2 aromatic rings. The second kappa shape index (κ2) is 5.55. The average molecular weight is 279 g/mol. The number of rotatable bonds is 4. The molecule has 0 bridgehead atoms. The van der Waals surface area contributed by atoms with Gasteiger partial charge >= 0.3 is 0 Å². The maximum atomic E-state index is 12.0. The molecule has 0 unspecified atom stereocenters. The van der Waals surface area contributed by atoms with Crippen LogP contribution in [0.25, 0.3) is 10.2 Å². The first-order valence-electron chi connectivity index (χ1n) is 5.57. The van der Waals surface area contributed by atoms with Crippen molar-refractivity contribution in [1.82, 2.24) is 9.97 Å². The van der Waals surface area contributed by atoms with Crippen LogP contribution in [0.4, 0.5) is 0 Å². The Morgan fingerprint density at radius 2 is 2.28 bits per heavy atom. The fraction of sp³-hybridized carbons (Fsp3) is 0.417. The Labute approximate surface area is 113 Å². The number of aromatic nitrogens is 2. The molecule has 0 radical (unpaired) electrons. The lowest BCUT2D eigenvalue weighted by Gasteiger charge is -1.99. The van der Waals surface area contributed by atoms with Gasteiger partial charge in [0.25, 0.3) is 5.56 Å². The van der Waals surface area contributed by atoms with Crippen LogP contribution in [-0.4, -0.2) is 15.7 Å². The summed E-state index contributed by atoms with van der Waals surface area (Å²) in [5.74, 6) is 2.10. The van der Waals surface area contributed by atoms with Crippen molar-refractivity contribution in [3.8, 4) is 6.07 Å². The molecule has 0 saturated carbocycles. The van der Waals surface area contributed by atoms with Crippen LogP contribution in [-0.2, 0) is 5.75 Å². The van der Waals surface area contributed by atoms with Gasteiger partial charge in [-0.2, -0.15) is 17.0 Å². The van der Waals surface area contributed by atoms with Gasteiger partial charge in [0.2, 0.25) is 0 Å². The lowest BCUT2D eigenvalue weighted by Crippen LogP contribution is -2.10. The number of nitrogens with one attached hydrogen (secondary N) is 1. The van der Waals surface area contributed by atoms with Gasteiger partial charge in [-0.05, 0) is 19.4 Å². The normalized spacial score (nSPS) is 10.7. The zero-order valence-corrected chi connectivity index (χ0v) is 11.9. The van der Waals surface area contributed by atoms with E-state index in [1.165, 1.54) is 0 Å². The molecule has 0 aromatic carbocycles. The Morgan fingerprint density at radius 1 is 1.50 bits per heavy atom. The molecule has 0 atom stereocenters. The van der Waals surface area contributed by atoms with Crippen molar-refractivity contribution in [2.45, 2.75) is 26.0 Å². The standard InChI is InChI=1S/C12H13N3OS2/c1-7-8(2)18-12-10(7)11(16)14-9(15-12)6-17-5-3-4-13/h3,5-6H2,1-2H3,(H,14,15,16). The van der Waals surface area contributed by atoms with Gasteiger partial charge in [-0.15, -0.1) is 11.3 Å². The van der Waals surface area contributed by atoms with Gasteiger partial charge in [0.15, 0.2) is 0 Å². The SMILES string of the molecule is Cc1sc2nc(CSCCC#N)[nH]c(=O)c2c1C. The highest BCUT2D eigenvalue weighted by atomic mass is 32.2. The number of nitrogens with zero attached hydrogens (tertiary/aromatic N) is 2. The molecule has 1 N–H and O–H groups in total. The Balaban J connectivity index is 2.27. The van der Waals surface area contributed by atoms with E-state index in [0.717, 1.165) is 21.0 Å². The predicted octanol–water partition coefficient (Wildman–Crippen LogP) is 2.75. The van der Waals surface area contributed by atoms with Crippen LogP contribution in [0.15, 0.2) is 4.79 Å². The number of hydrogen-bond donors (Lipinski definition) is 1. The Hall–Kier alpha value is -1.32. The highest BCUT2D eigenvalue weighted by Gasteiger charge is 2.11. The third kappa shape index (κ3) is 2.57. The fourth-order valence-electron chi connectivity index (χ4n) is 1.65. The number of thioether (sulfide) groups is 1. The van der Waals surface area contributed by atoms with Gasteiger partial charge in [-0.3, -0.25) is 4.79 Å². The number of thiophene rings is 1. The van der Waals surface area contributed by atoms with Crippen LogP contribution in [0, 0.1) is 25.2 Å². The van der Waals surface area contributed by atoms with Crippen molar-refractivity contribution in [3.63, 3.8) is 0 Å². The highest BCUT2D eigenvalue weighted by molar-refractivity contribution is 7.98. The highest BCUT2D eigenvalue weighted by Crippen LogP contribution is 2.26. The molecule has 2 heterocycles. The third-order valence-corrected chi connectivity index (χ3v) is 4.76. The van der Waals surface area contributed by atoms with Crippen LogP contribution in [0.5, 0.6) is 0 Å². The molecule has 0 aliphatic rings. The Bertz CT molecular complexity index is 666. The lowest BCUT2D eigenvalue weighted by atomic mass is 10.2. The van der Waals surface area contributed by atoms with E-state index in [2.05, 4.69) is 16.0 Å². The number of H-pyrrole nitrogens is 1. The summed E-state index contributed by atoms with van der Waals surface area (Å²) in [5.41, 5.74) is 0.963. The van der Waals surface area contributed by atoms with E-state index in [9.17, 15) is 4.79 Å². The Kier molecular flexibility index (Phi) is 4.04. The number of hydrogen-bond acceptors (Lipinski definition) is 5. The van der Waals surface area contributed by atoms with Crippen molar-refractivity contribution in [3.05, 3.63) is 26.6 Å². The molecule has 2 aromatic heterocycles. The number of aromatic amines is 1. The summed E-state index contributed by atoms with van der Waals surface area (Å²) in [7, 11) is 0. The molecular weight excluding hydrogens is 266 g/mol. The average Bonchev–Trinajstić information content (AvgIpc) is 2.61. The van der Waals surface area contributed by atoms with Crippen molar-refractivity contribution in [2.75, 3.05) is 5.75 Å². The van der Waals surface area contributed by atoms with Gasteiger partial charge < -0.3 is 4.98 Å². The van der Waals surface area contributed by atoms with E-state index < -0.39 is 0 Å². The number of fused-ring (bicyclic) bond motifs is 1. The first-order chi connectivity index (χ1) is 8.63. The molecule has 0 fully saturated rings. The monoisotopic (exact) mass is 279 g/mol. The molecule has 6 heteroatoms. The summed E-state index contributed by atoms with van der Waals surface area (Å²) in [5, 5.41) is 9.16. The summed E-state index contributed by atoms with van der Waals surface area (Å²) in [4.78, 5) is 21.2. The Morgan fingerprint density at radius 3 is 3.00 bits per heavy atom. The van der Waals surface area contributed by atoms with Crippen LogP contribution in [0.3, 0.4) is 0 Å². The summed E-state index contributed by atoms with van der Waals surface area (Å²) >= 11 is 3.17. The lowest BCUT2D eigenvalue weighted by molar-refractivity contribution is 1.04. The quantitative estimate of drug-likeness (QED) is 0.874. The maximum Gasteiger partial charge on any atom is 0.259 e. The molecule has 0 spiro atoms. The van der Waals surface area contributed by atoms with Crippen LogP contribution >= 0.6 is 23.1 Å². The van der Waals surface area contributed by atoms with Crippen molar-refractivity contribution in [2.24, 2.45) is 0 Å². The van der Waals surface area contributed by atoms with E-state index in [-0.39, 0.29) is 5.56 Å². The van der Waals surface area contributed by atoms with Gasteiger partial charge in [-0.25, -0.2) is 4.98 Å². The largest absolute Gasteiger partial charge is 0.309 e. The van der Waals surface area contributed by atoms with E-state index >= 15 is 0 Å². The van der Waals surface area contributed by atoms with Crippen molar-refractivity contribution < 1.29 is 0 Å². The third-order valence-electron chi connectivity index (χ3n) is 2.69. The first-order valence-corrected chi connectivity index (χ1v) is 7.54. The fourth-order valence-corrected chi connectivity index (χ4v) is 3.41. The van der Waals surface area contributed by atoms with Crippen molar-refractivity contribution in [1.29, 1.82) is 5.26 Å². The van der Waals surface area contributed by atoms with Gasteiger partial charge in [0.1, 0.15) is 10.7 Å². The number of aryl methyl sites for hydroxylation is 2. The topological polar surface area (TPSA) is 69.5 Å². The van der Waals surface area contributed by atoms with Gasteiger partial charge in [0.05, 0.1) is 17.2 Å². The van der Waals surface area contributed by atoms with Gasteiger partial charge in [-0.1, -0.05) is 0 Å². The van der Waals surface area contributed by atoms with E-state index in [1.807, 2.05) is 13.8 Å². The zero-order chi connectivity index (χ0) is 13.1. The first kappa shape index (κ1) is 13.1. The second-order valence-corrected chi connectivity index (χ2v) is 6.25. The van der Waals surface area contributed by atoms with E-state index in [0.29, 0.717) is 23.4 Å². The molecule has 0 aliphatic carbocycles. The molecule has 0 amide bonds. The molecule has 0 saturated heterocycles. The maximum absolute atomic E-state index is 12.0. The summed E-state index contributed by atoms with van der Waals surface area (Å²) in [6.07, 6.45) is 0.522. The van der Waals surface area contributed by atoms with Crippen LogP contribution in [0.2, 0.25) is 0 Å². The van der Waals surface area contributed by atoms with E-state index in [4.69, 9.17) is 5.26 Å². The molecule has 4 nitrogen and oxygen atoms in total.